The lowest BCUT2D eigenvalue weighted by Crippen LogP contribution is -2.33. The van der Waals surface area contributed by atoms with Crippen LogP contribution in [0.1, 0.15) is 5.56 Å². The monoisotopic (exact) mass is 178 g/mol. The zero-order chi connectivity index (χ0) is 9.10. The van der Waals surface area contributed by atoms with Crippen molar-refractivity contribution in [3.05, 3.63) is 23.9 Å². The minimum Gasteiger partial charge on any atom is -0.381 e. The van der Waals surface area contributed by atoms with Gasteiger partial charge in [0.2, 0.25) is 0 Å². The molecule has 1 fully saturated rings. The number of rotatable bonds is 3. The van der Waals surface area contributed by atoms with Crippen LogP contribution in [0.15, 0.2) is 18.3 Å². The summed E-state index contributed by atoms with van der Waals surface area (Å²) < 4.78 is 5.09. The number of aromatic nitrogens is 1. The minimum absolute atomic E-state index is 0.669. The number of nitrogens with zero attached hydrogens (tertiary/aromatic N) is 1. The van der Waals surface area contributed by atoms with Gasteiger partial charge in [0.05, 0.1) is 13.2 Å². The average molecular weight is 178 g/mol. The first-order valence-corrected chi connectivity index (χ1v) is 4.59. The molecule has 0 saturated carbocycles. The molecule has 0 radical (unpaired) electrons. The van der Waals surface area contributed by atoms with Crippen molar-refractivity contribution < 1.29 is 4.74 Å². The molecule has 13 heavy (non-hydrogen) atoms. The van der Waals surface area contributed by atoms with Gasteiger partial charge in [0.25, 0.3) is 0 Å². The van der Waals surface area contributed by atoms with E-state index in [-0.39, 0.29) is 0 Å². The predicted octanol–water partition coefficient (Wildman–Crippen LogP) is 1.45. The van der Waals surface area contributed by atoms with E-state index in [1.54, 1.807) is 0 Å². The summed E-state index contributed by atoms with van der Waals surface area (Å²) in [5.41, 5.74) is 1.24. The van der Waals surface area contributed by atoms with E-state index < -0.39 is 0 Å². The number of hydrogen-bond donors (Lipinski definition) is 1. The fourth-order valence-electron chi connectivity index (χ4n) is 1.28. The van der Waals surface area contributed by atoms with E-state index in [0.29, 0.717) is 5.92 Å². The molecule has 3 heteroatoms. The Morgan fingerprint density at radius 3 is 3.08 bits per heavy atom. The summed E-state index contributed by atoms with van der Waals surface area (Å²) in [6.45, 7) is 4.81. The van der Waals surface area contributed by atoms with Crippen molar-refractivity contribution in [2.45, 2.75) is 6.92 Å². The molecular weight excluding hydrogens is 164 g/mol. The normalized spacial score (nSPS) is 16.7. The summed E-state index contributed by atoms with van der Waals surface area (Å²) in [5.74, 6) is 1.63. The van der Waals surface area contributed by atoms with Gasteiger partial charge in [-0.05, 0) is 24.6 Å². The topological polar surface area (TPSA) is 34.2 Å². The van der Waals surface area contributed by atoms with Crippen LogP contribution in [0, 0.1) is 12.8 Å². The molecule has 3 nitrogen and oxygen atoms in total. The molecule has 0 amide bonds. The second-order valence-corrected chi connectivity index (χ2v) is 3.50. The van der Waals surface area contributed by atoms with Crippen LogP contribution in [-0.4, -0.2) is 24.7 Å². The van der Waals surface area contributed by atoms with E-state index in [2.05, 4.69) is 23.3 Å². The molecule has 0 aliphatic carbocycles. The Kier molecular flexibility index (Phi) is 2.45. The summed E-state index contributed by atoms with van der Waals surface area (Å²) in [6, 6.07) is 4.05. The van der Waals surface area contributed by atoms with Crippen LogP contribution in [0.4, 0.5) is 5.82 Å². The lowest BCUT2D eigenvalue weighted by molar-refractivity contribution is -0.0248. The van der Waals surface area contributed by atoms with Gasteiger partial charge in [-0.15, -0.1) is 0 Å². The number of ether oxygens (including phenoxy) is 1. The van der Waals surface area contributed by atoms with Gasteiger partial charge in [0.1, 0.15) is 5.82 Å². The van der Waals surface area contributed by atoms with Crippen LogP contribution < -0.4 is 5.32 Å². The fourth-order valence-corrected chi connectivity index (χ4v) is 1.28. The van der Waals surface area contributed by atoms with Crippen molar-refractivity contribution in [1.82, 2.24) is 4.98 Å². The lowest BCUT2D eigenvalue weighted by atomic mass is 10.1. The van der Waals surface area contributed by atoms with Gasteiger partial charge in [-0.1, -0.05) is 0 Å². The van der Waals surface area contributed by atoms with Gasteiger partial charge in [-0.3, -0.25) is 0 Å². The molecule has 0 aromatic carbocycles. The van der Waals surface area contributed by atoms with Crippen molar-refractivity contribution in [2.24, 2.45) is 5.92 Å². The molecule has 1 saturated heterocycles. The number of pyridine rings is 1. The first-order valence-electron chi connectivity index (χ1n) is 4.59. The summed E-state index contributed by atoms with van der Waals surface area (Å²) in [7, 11) is 0. The Morgan fingerprint density at radius 1 is 1.62 bits per heavy atom. The van der Waals surface area contributed by atoms with Crippen molar-refractivity contribution >= 4 is 5.82 Å². The Bertz CT molecular complexity index is 284. The maximum absolute atomic E-state index is 5.09. The van der Waals surface area contributed by atoms with Crippen LogP contribution in [-0.2, 0) is 4.74 Å². The van der Waals surface area contributed by atoms with E-state index in [4.69, 9.17) is 4.74 Å². The average Bonchev–Trinajstić information content (AvgIpc) is 2.01. The summed E-state index contributed by atoms with van der Waals surface area (Å²) in [4.78, 5) is 4.22. The Hall–Kier alpha value is -1.09. The second kappa shape index (κ2) is 3.75. The van der Waals surface area contributed by atoms with Gasteiger partial charge in [-0.2, -0.15) is 0 Å². The maximum Gasteiger partial charge on any atom is 0.126 e. The number of hydrogen-bond acceptors (Lipinski definition) is 3. The molecule has 1 aliphatic heterocycles. The zero-order valence-corrected chi connectivity index (χ0v) is 7.79. The van der Waals surface area contributed by atoms with E-state index in [1.807, 2.05) is 12.3 Å². The molecule has 1 N–H and O–H groups in total. The third-order valence-corrected chi connectivity index (χ3v) is 2.19. The first kappa shape index (κ1) is 8.51. The standard InChI is InChI=1S/C10H14N2O/c1-8-2-3-11-10(4-8)12-5-9-6-13-7-9/h2-4,9H,5-7H2,1H3,(H,11,12). The first-order chi connectivity index (χ1) is 6.34. The highest BCUT2D eigenvalue weighted by molar-refractivity contribution is 5.36. The summed E-state index contributed by atoms with van der Waals surface area (Å²) in [6.07, 6.45) is 1.83. The SMILES string of the molecule is Cc1ccnc(NCC2COC2)c1. The maximum atomic E-state index is 5.09. The third-order valence-electron chi connectivity index (χ3n) is 2.19. The van der Waals surface area contributed by atoms with Gasteiger partial charge in [-0.25, -0.2) is 4.98 Å². The number of aryl methyl sites for hydroxylation is 1. The third kappa shape index (κ3) is 2.18. The largest absolute Gasteiger partial charge is 0.381 e. The van der Waals surface area contributed by atoms with Gasteiger partial charge >= 0.3 is 0 Å². The quantitative estimate of drug-likeness (QED) is 0.760. The van der Waals surface area contributed by atoms with Crippen LogP contribution in [0.25, 0.3) is 0 Å². The second-order valence-electron chi connectivity index (χ2n) is 3.50. The van der Waals surface area contributed by atoms with E-state index >= 15 is 0 Å². The number of anilines is 1. The predicted molar refractivity (Wildman–Crippen MR) is 51.8 cm³/mol. The van der Waals surface area contributed by atoms with Gasteiger partial charge in [0, 0.05) is 18.7 Å². The van der Waals surface area contributed by atoms with Crippen LogP contribution in [0.3, 0.4) is 0 Å². The van der Waals surface area contributed by atoms with Crippen LogP contribution in [0.5, 0.6) is 0 Å². The van der Waals surface area contributed by atoms with E-state index in [0.717, 1.165) is 25.6 Å². The Labute approximate surface area is 78.1 Å². The van der Waals surface area contributed by atoms with Crippen molar-refractivity contribution in [1.29, 1.82) is 0 Å². The molecule has 2 heterocycles. The molecule has 0 bridgehead atoms. The van der Waals surface area contributed by atoms with Crippen molar-refractivity contribution in [3.63, 3.8) is 0 Å². The van der Waals surface area contributed by atoms with Crippen LogP contribution >= 0.6 is 0 Å². The molecule has 1 aromatic heterocycles. The Morgan fingerprint density at radius 2 is 2.46 bits per heavy atom. The van der Waals surface area contributed by atoms with Crippen molar-refractivity contribution in [2.75, 3.05) is 25.1 Å². The smallest absolute Gasteiger partial charge is 0.126 e. The fraction of sp³-hybridized carbons (Fsp3) is 0.500. The van der Waals surface area contributed by atoms with E-state index in [1.165, 1.54) is 5.56 Å². The molecule has 2 rings (SSSR count). The Balaban J connectivity index is 1.86. The highest BCUT2D eigenvalue weighted by Gasteiger charge is 2.17. The summed E-state index contributed by atoms with van der Waals surface area (Å²) >= 11 is 0. The minimum atomic E-state index is 0.669. The lowest BCUT2D eigenvalue weighted by Gasteiger charge is -2.26. The molecule has 0 spiro atoms. The molecular formula is C10H14N2O. The van der Waals surface area contributed by atoms with Crippen LogP contribution in [0.2, 0.25) is 0 Å². The van der Waals surface area contributed by atoms with Gasteiger partial charge in [0.15, 0.2) is 0 Å². The van der Waals surface area contributed by atoms with Gasteiger partial charge < -0.3 is 10.1 Å². The van der Waals surface area contributed by atoms with Crippen molar-refractivity contribution in [3.8, 4) is 0 Å². The number of nitrogens with one attached hydrogen (secondary N) is 1. The molecule has 1 aromatic rings. The molecule has 70 valence electrons. The molecule has 1 aliphatic rings. The summed E-state index contributed by atoms with van der Waals surface area (Å²) in [5, 5.41) is 3.30. The zero-order valence-electron chi connectivity index (χ0n) is 7.79. The molecule has 0 unspecified atom stereocenters. The molecule has 0 atom stereocenters. The highest BCUT2D eigenvalue weighted by atomic mass is 16.5. The highest BCUT2D eigenvalue weighted by Crippen LogP contribution is 2.11. The van der Waals surface area contributed by atoms with E-state index in [9.17, 15) is 0 Å².